The highest BCUT2D eigenvalue weighted by Crippen LogP contribution is 2.35. The Bertz CT molecular complexity index is 1410. The Balaban J connectivity index is 1.67. The second-order valence-corrected chi connectivity index (χ2v) is 11.3. The first-order valence-electron chi connectivity index (χ1n) is 10.2. The molecule has 10 heteroatoms. The maximum Gasteiger partial charge on any atom is 0.265 e. The number of hydrogen-bond donors (Lipinski definition) is 1. The largest absolute Gasteiger partial charge is 0.495 e. The van der Waals surface area contributed by atoms with Crippen LogP contribution in [0.2, 0.25) is 0 Å². The molecule has 33 heavy (non-hydrogen) atoms. The maximum absolute atomic E-state index is 13.7. The van der Waals surface area contributed by atoms with Crippen molar-refractivity contribution in [2.24, 2.45) is 0 Å². The number of halogens is 1. The average Bonchev–Trinajstić information content (AvgIpc) is 2.78. The number of methoxy groups -OCH3 is 1. The van der Waals surface area contributed by atoms with Gasteiger partial charge >= 0.3 is 0 Å². The minimum absolute atomic E-state index is 0.0113. The van der Waals surface area contributed by atoms with E-state index in [1.807, 2.05) is 6.92 Å². The summed E-state index contributed by atoms with van der Waals surface area (Å²) >= 11 is 0. The molecule has 1 aliphatic rings. The molecule has 3 aromatic carbocycles. The zero-order valence-electron chi connectivity index (χ0n) is 18.1. The second-order valence-electron chi connectivity index (χ2n) is 7.74. The molecule has 0 spiro atoms. The van der Waals surface area contributed by atoms with E-state index in [1.54, 1.807) is 36.4 Å². The van der Waals surface area contributed by atoms with Gasteiger partial charge in [0.15, 0.2) is 0 Å². The topological polar surface area (TPSA) is 92.8 Å². The first kappa shape index (κ1) is 23.1. The zero-order chi connectivity index (χ0) is 23.8. The van der Waals surface area contributed by atoms with Gasteiger partial charge in [-0.3, -0.25) is 9.03 Å². The van der Waals surface area contributed by atoms with E-state index >= 15 is 0 Å². The van der Waals surface area contributed by atoms with Gasteiger partial charge in [0.25, 0.3) is 20.0 Å². The molecule has 0 aliphatic carbocycles. The number of ether oxygens (including phenoxy) is 1. The van der Waals surface area contributed by atoms with Crippen molar-refractivity contribution in [3.63, 3.8) is 0 Å². The molecule has 0 aromatic heterocycles. The highest BCUT2D eigenvalue weighted by atomic mass is 32.2. The number of nitrogens with one attached hydrogen (secondary N) is 1. The van der Waals surface area contributed by atoms with Crippen LogP contribution in [0.1, 0.15) is 17.5 Å². The molecule has 0 saturated carbocycles. The summed E-state index contributed by atoms with van der Waals surface area (Å²) in [5, 5.41) is 0. The number of aryl methyl sites for hydroxylation is 2. The molecule has 0 unspecified atom stereocenters. The molecule has 0 saturated heterocycles. The molecule has 1 aliphatic heterocycles. The Kier molecular flexibility index (Phi) is 6.06. The summed E-state index contributed by atoms with van der Waals surface area (Å²) in [6, 6.07) is 14.6. The van der Waals surface area contributed by atoms with Gasteiger partial charge in [-0.1, -0.05) is 17.7 Å². The van der Waals surface area contributed by atoms with Gasteiger partial charge in [-0.05, 0) is 73.9 Å². The highest BCUT2D eigenvalue weighted by molar-refractivity contribution is 7.93. The summed E-state index contributed by atoms with van der Waals surface area (Å²) in [6.07, 6.45) is 1.18. The summed E-state index contributed by atoms with van der Waals surface area (Å²) in [6.45, 7) is 2.21. The maximum atomic E-state index is 13.7. The zero-order valence-corrected chi connectivity index (χ0v) is 19.7. The quantitative estimate of drug-likeness (QED) is 0.562. The monoisotopic (exact) mass is 490 g/mol. The van der Waals surface area contributed by atoms with Gasteiger partial charge in [-0.25, -0.2) is 21.2 Å². The second kappa shape index (κ2) is 8.68. The van der Waals surface area contributed by atoms with Crippen LogP contribution in [0.15, 0.2) is 70.5 Å². The van der Waals surface area contributed by atoms with Crippen LogP contribution < -0.4 is 13.8 Å². The fourth-order valence-corrected chi connectivity index (χ4v) is 6.56. The third-order valence-corrected chi connectivity index (χ3v) is 8.66. The van der Waals surface area contributed by atoms with E-state index < -0.39 is 25.9 Å². The van der Waals surface area contributed by atoms with Gasteiger partial charge in [0.05, 0.1) is 17.7 Å². The van der Waals surface area contributed by atoms with Crippen molar-refractivity contribution in [2.75, 3.05) is 22.7 Å². The van der Waals surface area contributed by atoms with Crippen LogP contribution in [0.25, 0.3) is 0 Å². The summed E-state index contributed by atoms with van der Waals surface area (Å²) < 4.78 is 74.7. The predicted octanol–water partition coefficient (Wildman–Crippen LogP) is 4.09. The Labute approximate surface area is 192 Å². The fraction of sp³-hybridized carbons (Fsp3) is 0.217. The van der Waals surface area contributed by atoms with Crippen LogP contribution in [0.3, 0.4) is 0 Å². The standard InChI is InChI=1S/C23H23FN2O5S2/c1-16-5-9-20(10-6-16)33(29,30)26-13-3-4-17-14-19(8-11-21(17)26)25-32(27,28)23-15-18(24)7-12-22(23)31-2/h5-12,14-15,25H,3-4,13H2,1-2H3. The number of rotatable bonds is 6. The van der Waals surface area contributed by atoms with Crippen LogP contribution in [0, 0.1) is 12.7 Å². The van der Waals surface area contributed by atoms with Crippen LogP contribution >= 0.6 is 0 Å². The Hall–Kier alpha value is -3.11. The van der Waals surface area contributed by atoms with Crippen molar-refractivity contribution in [1.29, 1.82) is 0 Å². The molecule has 1 heterocycles. The number of nitrogens with zero attached hydrogens (tertiary/aromatic N) is 1. The first-order chi connectivity index (χ1) is 15.6. The minimum Gasteiger partial charge on any atom is -0.495 e. The highest BCUT2D eigenvalue weighted by Gasteiger charge is 2.29. The molecule has 0 radical (unpaired) electrons. The van der Waals surface area contributed by atoms with E-state index in [2.05, 4.69) is 4.72 Å². The van der Waals surface area contributed by atoms with Crippen LogP contribution in [-0.4, -0.2) is 30.5 Å². The van der Waals surface area contributed by atoms with E-state index in [0.29, 0.717) is 30.6 Å². The summed E-state index contributed by atoms with van der Waals surface area (Å²) in [4.78, 5) is -0.129. The third kappa shape index (κ3) is 4.53. The molecule has 174 valence electrons. The first-order valence-corrected chi connectivity index (χ1v) is 13.1. The van der Waals surface area contributed by atoms with Gasteiger partial charge in [-0.2, -0.15) is 0 Å². The molecule has 0 bridgehead atoms. The predicted molar refractivity (Wildman–Crippen MR) is 124 cm³/mol. The molecule has 3 aromatic rings. The van der Waals surface area contributed by atoms with Crippen LogP contribution in [0.5, 0.6) is 5.75 Å². The molecular formula is C23H23FN2O5S2. The fourth-order valence-electron chi connectivity index (χ4n) is 3.78. The lowest BCUT2D eigenvalue weighted by molar-refractivity contribution is 0.401. The van der Waals surface area contributed by atoms with Gasteiger partial charge in [0.1, 0.15) is 16.5 Å². The van der Waals surface area contributed by atoms with E-state index in [4.69, 9.17) is 4.74 Å². The number of anilines is 2. The van der Waals surface area contributed by atoms with Crippen molar-refractivity contribution < 1.29 is 26.0 Å². The summed E-state index contributed by atoms with van der Waals surface area (Å²) in [5.74, 6) is -0.698. The number of fused-ring (bicyclic) bond motifs is 1. The molecule has 0 amide bonds. The lowest BCUT2D eigenvalue weighted by Gasteiger charge is -2.31. The average molecular weight is 491 g/mol. The van der Waals surface area contributed by atoms with Crippen molar-refractivity contribution >= 4 is 31.4 Å². The van der Waals surface area contributed by atoms with Gasteiger partial charge in [0.2, 0.25) is 0 Å². The van der Waals surface area contributed by atoms with Gasteiger partial charge < -0.3 is 4.74 Å². The van der Waals surface area contributed by atoms with Crippen molar-refractivity contribution in [3.8, 4) is 5.75 Å². The van der Waals surface area contributed by atoms with Crippen LogP contribution in [0.4, 0.5) is 15.8 Å². The van der Waals surface area contributed by atoms with E-state index in [0.717, 1.165) is 17.7 Å². The molecular weight excluding hydrogens is 467 g/mol. The Morgan fingerprint density at radius 3 is 2.39 bits per heavy atom. The van der Waals surface area contributed by atoms with Crippen molar-refractivity contribution in [2.45, 2.75) is 29.6 Å². The summed E-state index contributed by atoms with van der Waals surface area (Å²) in [5.41, 5.74) is 2.41. The Morgan fingerprint density at radius 2 is 1.70 bits per heavy atom. The van der Waals surface area contributed by atoms with Gasteiger partial charge in [0, 0.05) is 12.2 Å². The van der Waals surface area contributed by atoms with Crippen molar-refractivity contribution in [3.05, 3.63) is 77.6 Å². The van der Waals surface area contributed by atoms with E-state index in [9.17, 15) is 21.2 Å². The normalized spacial score (nSPS) is 14.0. The van der Waals surface area contributed by atoms with E-state index in [1.165, 1.54) is 23.5 Å². The van der Waals surface area contributed by atoms with Crippen LogP contribution in [-0.2, 0) is 26.5 Å². The summed E-state index contributed by atoms with van der Waals surface area (Å²) in [7, 11) is -6.60. The smallest absolute Gasteiger partial charge is 0.265 e. The minimum atomic E-state index is -4.14. The Morgan fingerprint density at radius 1 is 0.970 bits per heavy atom. The molecule has 4 rings (SSSR count). The molecule has 0 atom stereocenters. The third-order valence-electron chi connectivity index (χ3n) is 5.43. The van der Waals surface area contributed by atoms with Crippen molar-refractivity contribution in [1.82, 2.24) is 0 Å². The lowest BCUT2D eigenvalue weighted by atomic mass is 10.0. The SMILES string of the molecule is COc1ccc(F)cc1S(=O)(=O)Nc1ccc2c(c1)CCCN2S(=O)(=O)c1ccc(C)cc1. The van der Waals surface area contributed by atoms with Gasteiger partial charge in [-0.15, -0.1) is 0 Å². The number of hydrogen-bond acceptors (Lipinski definition) is 5. The molecule has 0 fully saturated rings. The molecule has 1 N–H and O–H groups in total. The number of benzene rings is 3. The lowest BCUT2D eigenvalue weighted by Crippen LogP contribution is -2.35. The van der Waals surface area contributed by atoms with E-state index in [-0.39, 0.29) is 21.2 Å². The molecule has 7 nitrogen and oxygen atoms in total. The number of sulfonamides is 2.